The van der Waals surface area contributed by atoms with E-state index in [9.17, 15) is 4.79 Å². The summed E-state index contributed by atoms with van der Waals surface area (Å²) in [4.78, 5) is 18.2. The van der Waals surface area contributed by atoms with Crippen LogP contribution in [0, 0.1) is 12.8 Å². The lowest BCUT2D eigenvalue weighted by Gasteiger charge is -2.45. The molecule has 1 unspecified atom stereocenters. The number of carbonyl (C=O) groups is 1. The van der Waals surface area contributed by atoms with E-state index in [2.05, 4.69) is 32.1 Å². The van der Waals surface area contributed by atoms with Gasteiger partial charge in [0.25, 0.3) is 0 Å². The van der Waals surface area contributed by atoms with Crippen LogP contribution in [-0.4, -0.2) is 81.3 Å². The maximum atomic E-state index is 11.5. The molecule has 1 amide bonds. The monoisotopic (exact) mass is 343 g/mol. The Bertz CT molecular complexity index is 782. The molecule has 1 atom stereocenters. The third-order valence-electron chi connectivity index (χ3n) is 5.49. The Morgan fingerprint density at radius 2 is 2.08 bits per heavy atom. The molecule has 2 aliphatic rings. The van der Waals surface area contributed by atoms with Gasteiger partial charge in [-0.2, -0.15) is 4.52 Å². The first-order valence-corrected chi connectivity index (χ1v) is 8.91. The number of nitrogens with zero attached hydrogens (tertiary/aromatic N) is 7. The van der Waals surface area contributed by atoms with Gasteiger partial charge < -0.3 is 9.80 Å². The van der Waals surface area contributed by atoms with Crippen molar-refractivity contribution < 1.29 is 4.79 Å². The van der Waals surface area contributed by atoms with Gasteiger partial charge in [0.05, 0.1) is 0 Å². The van der Waals surface area contributed by atoms with Crippen LogP contribution in [0.15, 0.2) is 12.1 Å². The number of fused-ring (bicyclic) bond motifs is 1. The second kappa shape index (κ2) is 6.25. The van der Waals surface area contributed by atoms with Crippen LogP contribution in [0.3, 0.4) is 0 Å². The van der Waals surface area contributed by atoms with E-state index in [1.165, 1.54) is 0 Å². The summed E-state index contributed by atoms with van der Waals surface area (Å²) < 4.78 is 1.79. The van der Waals surface area contributed by atoms with E-state index in [4.69, 9.17) is 0 Å². The molecule has 0 saturated carbocycles. The van der Waals surface area contributed by atoms with E-state index in [1.54, 1.807) is 11.4 Å². The van der Waals surface area contributed by atoms with Crippen molar-refractivity contribution in [3.63, 3.8) is 0 Å². The van der Waals surface area contributed by atoms with E-state index < -0.39 is 0 Å². The van der Waals surface area contributed by atoms with Crippen LogP contribution in [0.2, 0.25) is 0 Å². The number of hydrogen-bond donors (Lipinski definition) is 0. The second-order valence-corrected chi connectivity index (χ2v) is 7.33. The molecule has 2 fully saturated rings. The lowest BCUT2D eigenvalue weighted by Crippen LogP contribution is -2.59. The highest BCUT2D eigenvalue weighted by Gasteiger charge is 2.33. The largest absolute Gasteiger partial charge is 0.352 e. The van der Waals surface area contributed by atoms with Gasteiger partial charge in [-0.3, -0.25) is 9.69 Å². The van der Waals surface area contributed by atoms with Gasteiger partial charge in [0.2, 0.25) is 5.91 Å². The van der Waals surface area contributed by atoms with Crippen LogP contribution in [0.25, 0.3) is 5.65 Å². The van der Waals surface area contributed by atoms with E-state index in [0.29, 0.717) is 12.0 Å². The predicted octanol–water partition coefficient (Wildman–Crippen LogP) is 0.422. The number of anilines is 1. The number of rotatable bonds is 4. The Labute approximate surface area is 147 Å². The van der Waals surface area contributed by atoms with E-state index in [1.807, 2.05) is 24.0 Å². The summed E-state index contributed by atoms with van der Waals surface area (Å²) in [6.07, 6.45) is 1.12. The van der Waals surface area contributed by atoms with Gasteiger partial charge in [0, 0.05) is 45.7 Å². The summed E-state index contributed by atoms with van der Waals surface area (Å²) in [6.45, 7) is 8.42. The standard InChI is InChI=1S/C17H25N7O/c1-12-18-19-16-4-5-17(20-24(12)16)23-10-15(11-23)21(3)8-14-6-7-22(9-14)13(2)25/h4-5,14-15H,6-11H2,1-3H3. The van der Waals surface area contributed by atoms with Gasteiger partial charge in [-0.05, 0) is 38.4 Å². The minimum Gasteiger partial charge on any atom is -0.352 e. The summed E-state index contributed by atoms with van der Waals surface area (Å²) in [5.41, 5.74) is 0.784. The maximum Gasteiger partial charge on any atom is 0.219 e. The third kappa shape index (κ3) is 3.06. The second-order valence-electron chi connectivity index (χ2n) is 7.33. The van der Waals surface area contributed by atoms with Crippen LogP contribution in [0.1, 0.15) is 19.2 Å². The fourth-order valence-electron chi connectivity index (χ4n) is 3.80. The average Bonchev–Trinajstić information content (AvgIpc) is 3.13. The fourth-order valence-corrected chi connectivity index (χ4v) is 3.80. The first kappa shape index (κ1) is 16.3. The molecular formula is C17H25N7O. The Morgan fingerprint density at radius 3 is 2.80 bits per heavy atom. The molecule has 0 aliphatic carbocycles. The highest BCUT2D eigenvalue weighted by atomic mass is 16.2. The molecule has 0 bridgehead atoms. The summed E-state index contributed by atoms with van der Waals surface area (Å²) in [7, 11) is 2.19. The molecule has 134 valence electrons. The summed E-state index contributed by atoms with van der Waals surface area (Å²) >= 11 is 0. The molecule has 0 spiro atoms. The topological polar surface area (TPSA) is 69.9 Å². The van der Waals surface area contributed by atoms with Crippen molar-refractivity contribution in [2.75, 3.05) is 44.7 Å². The molecular weight excluding hydrogens is 318 g/mol. The normalized spacial score (nSPS) is 21.4. The molecule has 0 radical (unpaired) electrons. The lowest BCUT2D eigenvalue weighted by molar-refractivity contribution is -0.127. The van der Waals surface area contributed by atoms with Crippen molar-refractivity contribution in [2.45, 2.75) is 26.3 Å². The van der Waals surface area contributed by atoms with Crippen molar-refractivity contribution in [3.8, 4) is 0 Å². The van der Waals surface area contributed by atoms with E-state index in [-0.39, 0.29) is 5.91 Å². The highest BCUT2D eigenvalue weighted by Crippen LogP contribution is 2.24. The molecule has 4 rings (SSSR count). The predicted molar refractivity (Wildman–Crippen MR) is 94.5 cm³/mol. The molecule has 2 aromatic heterocycles. The van der Waals surface area contributed by atoms with E-state index in [0.717, 1.165) is 56.4 Å². The van der Waals surface area contributed by atoms with Crippen LogP contribution < -0.4 is 4.90 Å². The summed E-state index contributed by atoms with van der Waals surface area (Å²) in [5, 5.41) is 12.8. The van der Waals surface area contributed by atoms with E-state index >= 15 is 0 Å². The first-order valence-electron chi connectivity index (χ1n) is 8.91. The van der Waals surface area contributed by atoms with Crippen LogP contribution in [0.5, 0.6) is 0 Å². The Kier molecular flexibility index (Phi) is 4.07. The van der Waals surface area contributed by atoms with Crippen LogP contribution in [-0.2, 0) is 4.79 Å². The number of aryl methyl sites for hydroxylation is 1. The van der Waals surface area contributed by atoms with Gasteiger partial charge in [-0.25, -0.2) is 0 Å². The van der Waals surface area contributed by atoms with Gasteiger partial charge >= 0.3 is 0 Å². The number of likely N-dealkylation sites (tertiary alicyclic amines) is 1. The Hall–Kier alpha value is -2.22. The zero-order valence-electron chi connectivity index (χ0n) is 15.1. The molecule has 2 aromatic rings. The summed E-state index contributed by atoms with van der Waals surface area (Å²) in [6, 6.07) is 4.53. The number of carbonyl (C=O) groups excluding carboxylic acids is 1. The molecule has 2 aliphatic heterocycles. The highest BCUT2D eigenvalue weighted by molar-refractivity contribution is 5.73. The molecule has 4 heterocycles. The SMILES string of the molecule is CC(=O)N1CCC(CN(C)C2CN(c3ccc4nnc(C)n4n3)C2)C1. The molecule has 8 heteroatoms. The van der Waals surface area contributed by atoms with Gasteiger partial charge in [-0.15, -0.1) is 15.3 Å². The van der Waals surface area contributed by atoms with Crippen molar-refractivity contribution in [3.05, 3.63) is 18.0 Å². The van der Waals surface area contributed by atoms with Gasteiger partial charge in [-0.1, -0.05) is 0 Å². The lowest BCUT2D eigenvalue weighted by atomic mass is 10.0. The van der Waals surface area contributed by atoms with Crippen LogP contribution in [0.4, 0.5) is 5.82 Å². The minimum absolute atomic E-state index is 0.200. The maximum absolute atomic E-state index is 11.5. The van der Waals surface area contributed by atoms with Crippen molar-refractivity contribution in [1.29, 1.82) is 0 Å². The number of aromatic nitrogens is 4. The third-order valence-corrected chi connectivity index (χ3v) is 5.49. The molecule has 25 heavy (non-hydrogen) atoms. The average molecular weight is 343 g/mol. The molecule has 0 N–H and O–H groups in total. The molecule has 8 nitrogen and oxygen atoms in total. The smallest absolute Gasteiger partial charge is 0.219 e. The quantitative estimate of drug-likeness (QED) is 0.801. The van der Waals surface area contributed by atoms with Crippen LogP contribution >= 0.6 is 0 Å². The number of hydrogen-bond acceptors (Lipinski definition) is 6. The first-order chi connectivity index (χ1) is 12.0. The summed E-state index contributed by atoms with van der Waals surface area (Å²) in [5.74, 6) is 2.58. The van der Waals surface area contributed by atoms with Crippen molar-refractivity contribution >= 4 is 17.4 Å². The number of amides is 1. The minimum atomic E-state index is 0.200. The van der Waals surface area contributed by atoms with Gasteiger partial charge in [0.1, 0.15) is 5.82 Å². The molecule has 0 aromatic carbocycles. The zero-order chi connectivity index (χ0) is 17.6. The van der Waals surface area contributed by atoms with Gasteiger partial charge in [0.15, 0.2) is 11.5 Å². The Balaban J connectivity index is 1.32. The number of likely N-dealkylation sites (N-methyl/N-ethyl adjacent to an activating group) is 1. The zero-order valence-corrected chi connectivity index (χ0v) is 15.1. The van der Waals surface area contributed by atoms with Crippen molar-refractivity contribution in [1.82, 2.24) is 29.6 Å². The fraction of sp³-hybridized carbons (Fsp3) is 0.647. The van der Waals surface area contributed by atoms with Crippen molar-refractivity contribution in [2.24, 2.45) is 5.92 Å². The molecule has 2 saturated heterocycles. The Morgan fingerprint density at radius 1 is 1.28 bits per heavy atom.